The Balaban J connectivity index is 1.71. The first kappa shape index (κ1) is 17.3. The summed E-state index contributed by atoms with van der Waals surface area (Å²) in [7, 11) is 1.95. The van der Waals surface area contributed by atoms with Gasteiger partial charge in [-0.3, -0.25) is 4.79 Å². The molecule has 0 aliphatic rings. The van der Waals surface area contributed by atoms with Crippen molar-refractivity contribution in [3.05, 3.63) is 64.7 Å². The van der Waals surface area contributed by atoms with Gasteiger partial charge in [-0.05, 0) is 42.4 Å². The Kier molecular flexibility index (Phi) is 6.44. The molecule has 0 saturated carbocycles. The summed E-state index contributed by atoms with van der Waals surface area (Å²) in [5, 5.41) is 13.0. The predicted molar refractivity (Wildman–Crippen MR) is 92.4 cm³/mol. The third-order valence-electron chi connectivity index (χ3n) is 3.46. The molecular formula is C18H21ClN2O2. The van der Waals surface area contributed by atoms with E-state index in [1.165, 1.54) is 0 Å². The molecule has 2 rings (SSSR count). The lowest BCUT2D eigenvalue weighted by atomic mass is 10.2. The minimum Gasteiger partial charge on any atom is -0.508 e. The highest BCUT2D eigenvalue weighted by molar-refractivity contribution is 6.30. The molecule has 1 amide bonds. The molecule has 4 nitrogen and oxygen atoms in total. The lowest BCUT2D eigenvalue weighted by Gasteiger charge is -2.16. The van der Waals surface area contributed by atoms with Crippen LogP contribution >= 0.6 is 11.6 Å². The van der Waals surface area contributed by atoms with Crippen molar-refractivity contribution in [2.45, 2.75) is 19.5 Å². The maximum atomic E-state index is 11.9. The summed E-state index contributed by atoms with van der Waals surface area (Å²) in [6.07, 6.45) is 0.426. The standard InChI is InChI=1S/C18H21ClN2O2/c1-21(13-15-5-3-7-17(22)11-15)9-8-18(23)20-12-14-4-2-6-16(19)10-14/h2-7,10-11,22H,8-9,12-13H2,1H3,(H,20,23). The summed E-state index contributed by atoms with van der Waals surface area (Å²) in [6.45, 7) is 1.82. The molecule has 0 atom stereocenters. The maximum absolute atomic E-state index is 11.9. The second-order valence-electron chi connectivity index (χ2n) is 5.56. The van der Waals surface area contributed by atoms with E-state index >= 15 is 0 Å². The van der Waals surface area contributed by atoms with Crippen molar-refractivity contribution in [3.63, 3.8) is 0 Å². The van der Waals surface area contributed by atoms with Gasteiger partial charge in [0.15, 0.2) is 0 Å². The molecule has 122 valence electrons. The van der Waals surface area contributed by atoms with E-state index in [-0.39, 0.29) is 11.7 Å². The third-order valence-corrected chi connectivity index (χ3v) is 3.70. The number of hydrogen-bond donors (Lipinski definition) is 2. The minimum absolute atomic E-state index is 0.00716. The lowest BCUT2D eigenvalue weighted by molar-refractivity contribution is -0.121. The lowest BCUT2D eigenvalue weighted by Crippen LogP contribution is -2.28. The minimum atomic E-state index is 0.00716. The Morgan fingerprint density at radius 3 is 2.65 bits per heavy atom. The van der Waals surface area contributed by atoms with Crippen LogP contribution in [0.3, 0.4) is 0 Å². The fourth-order valence-electron chi connectivity index (χ4n) is 2.27. The third kappa shape index (κ3) is 6.30. The molecule has 0 aliphatic heterocycles. The number of rotatable bonds is 7. The number of carbonyl (C=O) groups excluding carboxylic acids is 1. The molecule has 0 heterocycles. The van der Waals surface area contributed by atoms with Crippen molar-refractivity contribution in [2.24, 2.45) is 0 Å². The van der Waals surface area contributed by atoms with E-state index in [1.54, 1.807) is 12.1 Å². The number of nitrogens with one attached hydrogen (secondary N) is 1. The fraction of sp³-hybridized carbons (Fsp3) is 0.278. The normalized spacial score (nSPS) is 10.7. The molecule has 0 saturated heterocycles. The monoisotopic (exact) mass is 332 g/mol. The quantitative estimate of drug-likeness (QED) is 0.818. The number of phenols is 1. The largest absolute Gasteiger partial charge is 0.508 e. The van der Waals surface area contributed by atoms with Crippen molar-refractivity contribution in [3.8, 4) is 5.75 Å². The summed E-state index contributed by atoms with van der Waals surface area (Å²) < 4.78 is 0. The van der Waals surface area contributed by atoms with Crippen molar-refractivity contribution in [1.82, 2.24) is 10.2 Å². The van der Waals surface area contributed by atoms with Crippen molar-refractivity contribution >= 4 is 17.5 Å². The number of halogens is 1. The van der Waals surface area contributed by atoms with Crippen LogP contribution in [0.15, 0.2) is 48.5 Å². The summed E-state index contributed by atoms with van der Waals surface area (Å²) in [5.74, 6) is 0.267. The Labute approximate surface area is 141 Å². The molecule has 0 spiro atoms. The summed E-state index contributed by atoms with van der Waals surface area (Å²) in [5.41, 5.74) is 2.01. The van der Waals surface area contributed by atoms with Crippen LogP contribution in [0.5, 0.6) is 5.75 Å². The molecule has 2 aromatic carbocycles. The van der Waals surface area contributed by atoms with E-state index in [0.717, 1.165) is 11.1 Å². The molecule has 2 N–H and O–H groups in total. The maximum Gasteiger partial charge on any atom is 0.221 e. The number of nitrogens with zero attached hydrogens (tertiary/aromatic N) is 1. The first-order chi connectivity index (χ1) is 11.0. The van der Waals surface area contributed by atoms with Gasteiger partial charge in [0.2, 0.25) is 5.91 Å². The second kappa shape index (κ2) is 8.56. The van der Waals surface area contributed by atoms with Gasteiger partial charge < -0.3 is 15.3 Å². The summed E-state index contributed by atoms with van der Waals surface area (Å²) in [4.78, 5) is 14.0. The molecule has 0 bridgehead atoms. The number of amides is 1. The van der Waals surface area contributed by atoms with Crippen LogP contribution in [0.2, 0.25) is 5.02 Å². The molecule has 0 unspecified atom stereocenters. The van der Waals surface area contributed by atoms with E-state index in [4.69, 9.17) is 11.6 Å². The van der Waals surface area contributed by atoms with Crippen LogP contribution in [-0.2, 0) is 17.9 Å². The molecule has 5 heteroatoms. The Bertz CT molecular complexity index is 661. The summed E-state index contributed by atoms with van der Waals surface area (Å²) >= 11 is 5.91. The second-order valence-corrected chi connectivity index (χ2v) is 6.00. The van der Waals surface area contributed by atoms with Crippen LogP contribution in [0, 0.1) is 0 Å². The van der Waals surface area contributed by atoms with Gasteiger partial charge in [0.05, 0.1) is 0 Å². The molecule has 23 heavy (non-hydrogen) atoms. The zero-order valence-electron chi connectivity index (χ0n) is 13.1. The number of benzene rings is 2. The molecule has 2 aromatic rings. The Morgan fingerprint density at radius 1 is 1.17 bits per heavy atom. The average molecular weight is 333 g/mol. The van der Waals surface area contributed by atoms with Crippen molar-refractivity contribution in [2.75, 3.05) is 13.6 Å². The van der Waals surface area contributed by atoms with E-state index in [1.807, 2.05) is 48.3 Å². The first-order valence-corrected chi connectivity index (χ1v) is 7.88. The van der Waals surface area contributed by atoms with Gasteiger partial charge in [-0.1, -0.05) is 35.9 Å². The average Bonchev–Trinajstić information content (AvgIpc) is 2.51. The van der Waals surface area contributed by atoms with Gasteiger partial charge in [0.1, 0.15) is 5.75 Å². The number of hydrogen-bond acceptors (Lipinski definition) is 3. The zero-order valence-corrected chi connectivity index (χ0v) is 13.9. The van der Waals surface area contributed by atoms with Gasteiger partial charge in [-0.2, -0.15) is 0 Å². The number of carbonyl (C=O) groups is 1. The van der Waals surface area contributed by atoms with Crippen LogP contribution < -0.4 is 5.32 Å². The van der Waals surface area contributed by atoms with Crippen LogP contribution in [0.4, 0.5) is 0 Å². The van der Waals surface area contributed by atoms with E-state index in [0.29, 0.717) is 31.1 Å². The Morgan fingerprint density at radius 2 is 1.91 bits per heavy atom. The molecular weight excluding hydrogens is 312 g/mol. The van der Waals surface area contributed by atoms with Crippen LogP contribution in [0.1, 0.15) is 17.5 Å². The topological polar surface area (TPSA) is 52.6 Å². The van der Waals surface area contributed by atoms with E-state index in [9.17, 15) is 9.90 Å². The van der Waals surface area contributed by atoms with Gasteiger partial charge in [0.25, 0.3) is 0 Å². The molecule has 0 aromatic heterocycles. The molecule has 0 fully saturated rings. The fourth-order valence-corrected chi connectivity index (χ4v) is 2.49. The van der Waals surface area contributed by atoms with E-state index < -0.39 is 0 Å². The highest BCUT2D eigenvalue weighted by Crippen LogP contribution is 2.12. The first-order valence-electron chi connectivity index (χ1n) is 7.50. The zero-order chi connectivity index (χ0) is 16.7. The van der Waals surface area contributed by atoms with Crippen LogP contribution in [0.25, 0.3) is 0 Å². The van der Waals surface area contributed by atoms with Crippen LogP contribution in [-0.4, -0.2) is 29.5 Å². The summed E-state index contributed by atoms with van der Waals surface area (Å²) in [6, 6.07) is 14.6. The van der Waals surface area contributed by atoms with E-state index in [2.05, 4.69) is 5.32 Å². The smallest absolute Gasteiger partial charge is 0.221 e. The van der Waals surface area contributed by atoms with Crippen molar-refractivity contribution in [1.29, 1.82) is 0 Å². The highest BCUT2D eigenvalue weighted by atomic mass is 35.5. The van der Waals surface area contributed by atoms with Gasteiger partial charge in [-0.25, -0.2) is 0 Å². The Hall–Kier alpha value is -2.04. The van der Waals surface area contributed by atoms with Gasteiger partial charge >= 0.3 is 0 Å². The molecule has 0 aliphatic carbocycles. The SMILES string of the molecule is CN(CCC(=O)NCc1cccc(Cl)c1)Cc1cccc(O)c1. The predicted octanol–water partition coefficient (Wildman–Crippen LogP) is 3.18. The number of phenolic OH excluding ortho intramolecular Hbond substituents is 1. The number of aromatic hydroxyl groups is 1. The van der Waals surface area contributed by atoms with Crippen molar-refractivity contribution < 1.29 is 9.90 Å². The van der Waals surface area contributed by atoms with Gasteiger partial charge in [-0.15, -0.1) is 0 Å². The van der Waals surface area contributed by atoms with Gasteiger partial charge in [0, 0.05) is 31.1 Å². The molecule has 0 radical (unpaired) electrons. The highest BCUT2D eigenvalue weighted by Gasteiger charge is 2.06.